The average molecular weight is 374 g/mol. The number of hydrogen-bond acceptors (Lipinski definition) is 6. The zero-order valence-electron chi connectivity index (χ0n) is 12.9. The molecule has 2 heterocycles. The van der Waals surface area contributed by atoms with Gasteiger partial charge in [-0.15, -0.1) is 10.2 Å². The summed E-state index contributed by atoms with van der Waals surface area (Å²) in [6.45, 7) is 1.76. The van der Waals surface area contributed by atoms with E-state index in [1.807, 2.05) is 0 Å². The number of hydrogen-bond donors (Lipinski definition) is 0. The molecule has 24 heavy (non-hydrogen) atoms. The Bertz CT molecular complexity index is 839. The van der Waals surface area contributed by atoms with Crippen LogP contribution in [0.25, 0.3) is 0 Å². The highest BCUT2D eigenvalue weighted by Crippen LogP contribution is 2.35. The summed E-state index contributed by atoms with van der Waals surface area (Å²) in [6, 6.07) is 3.43. The van der Waals surface area contributed by atoms with Crippen LogP contribution in [0.1, 0.15) is 30.0 Å². The lowest BCUT2D eigenvalue weighted by Gasteiger charge is -2.09. The smallest absolute Gasteiger partial charge is 0.277 e. The lowest BCUT2D eigenvalue weighted by atomic mass is 10.1. The maximum absolute atomic E-state index is 13.8. The van der Waals surface area contributed by atoms with E-state index in [1.165, 1.54) is 23.9 Å². The van der Waals surface area contributed by atoms with Crippen LogP contribution in [0.2, 0.25) is 0 Å². The molecular formula is C15H16F2N2O3S2. The lowest BCUT2D eigenvalue weighted by Crippen LogP contribution is -2.07. The molecular weight excluding hydrogens is 358 g/mol. The third kappa shape index (κ3) is 4.13. The van der Waals surface area contributed by atoms with Gasteiger partial charge >= 0.3 is 0 Å². The number of sulfone groups is 1. The molecule has 0 amide bonds. The monoisotopic (exact) mass is 374 g/mol. The maximum Gasteiger partial charge on any atom is 0.277 e. The van der Waals surface area contributed by atoms with E-state index >= 15 is 0 Å². The minimum Gasteiger partial charge on any atom is -0.416 e. The van der Waals surface area contributed by atoms with Crippen LogP contribution in [0.15, 0.2) is 27.8 Å². The van der Waals surface area contributed by atoms with Crippen LogP contribution in [0.3, 0.4) is 0 Å². The summed E-state index contributed by atoms with van der Waals surface area (Å²) in [4.78, 5) is 0. The van der Waals surface area contributed by atoms with Gasteiger partial charge in [0.25, 0.3) is 5.22 Å². The Morgan fingerprint density at radius 1 is 1.38 bits per heavy atom. The number of benzene rings is 1. The van der Waals surface area contributed by atoms with Crippen LogP contribution in [-0.4, -0.2) is 30.1 Å². The Balaban J connectivity index is 1.63. The standard InChI is InChI=1S/C15H16F2N2O3S2/c1-9(12-3-2-11(16)7-13(12)17)23-15-19-18-14(22-15)6-10-4-5-24(20,21)8-10/h2-3,7,9-10H,4-6,8H2,1H3/t9-,10-/m0/s1. The number of nitrogens with zero attached hydrogens (tertiary/aromatic N) is 2. The Kier molecular flexibility index (Phi) is 4.91. The molecule has 1 saturated heterocycles. The quantitative estimate of drug-likeness (QED) is 0.749. The van der Waals surface area contributed by atoms with Gasteiger partial charge in [0.1, 0.15) is 11.6 Å². The first-order chi connectivity index (χ1) is 11.3. The topological polar surface area (TPSA) is 73.1 Å². The molecule has 0 unspecified atom stereocenters. The van der Waals surface area contributed by atoms with Gasteiger partial charge in [0.05, 0.1) is 11.5 Å². The van der Waals surface area contributed by atoms with Crippen molar-refractivity contribution >= 4 is 21.6 Å². The van der Waals surface area contributed by atoms with E-state index < -0.39 is 21.5 Å². The van der Waals surface area contributed by atoms with Crippen molar-refractivity contribution in [2.75, 3.05) is 11.5 Å². The van der Waals surface area contributed by atoms with Gasteiger partial charge in [-0.1, -0.05) is 17.8 Å². The molecule has 1 aromatic heterocycles. The molecule has 0 bridgehead atoms. The Hall–Kier alpha value is -1.48. The second kappa shape index (κ2) is 6.79. The van der Waals surface area contributed by atoms with E-state index in [1.54, 1.807) is 6.92 Å². The number of aromatic nitrogens is 2. The summed E-state index contributed by atoms with van der Waals surface area (Å²) in [5.41, 5.74) is 0.350. The van der Waals surface area contributed by atoms with Crippen molar-refractivity contribution in [3.05, 3.63) is 41.3 Å². The molecule has 0 N–H and O–H groups in total. The van der Waals surface area contributed by atoms with Crippen molar-refractivity contribution in [2.24, 2.45) is 5.92 Å². The predicted molar refractivity (Wildman–Crippen MR) is 85.4 cm³/mol. The maximum atomic E-state index is 13.8. The molecule has 2 atom stereocenters. The van der Waals surface area contributed by atoms with Crippen molar-refractivity contribution in [3.8, 4) is 0 Å². The van der Waals surface area contributed by atoms with Crippen LogP contribution in [-0.2, 0) is 16.3 Å². The van der Waals surface area contributed by atoms with Crippen molar-refractivity contribution in [1.82, 2.24) is 10.2 Å². The summed E-state index contributed by atoms with van der Waals surface area (Å²) in [7, 11) is -2.94. The van der Waals surface area contributed by atoms with Gasteiger partial charge in [-0.05, 0) is 25.3 Å². The van der Waals surface area contributed by atoms with E-state index in [-0.39, 0.29) is 27.9 Å². The van der Waals surface area contributed by atoms with Gasteiger partial charge in [0.2, 0.25) is 5.89 Å². The minimum absolute atomic E-state index is 0.000247. The van der Waals surface area contributed by atoms with Crippen molar-refractivity contribution in [2.45, 2.75) is 30.2 Å². The molecule has 0 saturated carbocycles. The minimum atomic E-state index is -2.94. The first-order valence-corrected chi connectivity index (χ1v) is 10.2. The second-order valence-electron chi connectivity index (χ2n) is 5.86. The molecule has 0 aliphatic carbocycles. The second-order valence-corrected chi connectivity index (χ2v) is 9.38. The molecule has 130 valence electrons. The highest BCUT2D eigenvalue weighted by molar-refractivity contribution is 7.99. The Labute approximate surface area is 142 Å². The van der Waals surface area contributed by atoms with E-state index in [2.05, 4.69) is 10.2 Å². The highest BCUT2D eigenvalue weighted by atomic mass is 32.2. The molecule has 1 fully saturated rings. The van der Waals surface area contributed by atoms with Gasteiger partial charge in [-0.3, -0.25) is 0 Å². The van der Waals surface area contributed by atoms with E-state index in [0.717, 1.165) is 6.07 Å². The van der Waals surface area contributed by atoms with Crippen LogP contribution in [0.4, 0.5) is 8.78 Å². The van der Waals surface area contributed by atoms with Gasteiger partial charge in [-0.2, -0.15) is 0 Å². The largest absolute Gasteiger partial charge is 0.416 e. The summed E-state index contributed by atoms with van der Waals surface area (Å²) in [6.07, 6.45) is 1.02. The van der Waals surface area contributed by atoms with Gasteiger partial charge < -0.3 is 4.42 Å². The molecule has 0 radical (unpaired) electrons. The number of rotatable bonds is 5. The Morgan fingerprint density at radius 3 is 2.83 bits per heavy atom. The van der Waals surface area contributed by atoms with E-state index in [4.69, 9.17) is 4.42 Å². The molecule has 3 rings (SSSR count). The third-order valence-corrected chi connectivity index (χ3v) is 6.73. The van der Waals surface area contributed by atoms with Crippen LogP contribution in [0.5, 0.6) is 0 Å². The predicted octanol–water partition coefficient (Wildman–Crippen LogP) is 3.18. The van der Waals surface area contributed by atoms with Gasteiger partial charge in [0, 0.05) is 23.3 Å². The van der Waals surface area contributed by atoms with Crippen molar-refractivity contribution < 1.29 is 21.6 Å². The SMILES string of the molecule is C[C@H](Sc1nnc(C[C@@H]2CCS(=O)(=O)C2)o1)c1ccc(F)cc1F. The molecule has 1 aliphatic rings. The van der Waals surface area contributed by atoms with Gasteiger partial charge in [0.15, 0.2) is 9.84 Å². The van der Waals surface area contributed by atoms with Gasteiger partial charge in [-0.25, -0.2) is 17.2 Å². The normalized spacial score (nSPS) is 21.0. The summed E-state index contributed by atoms with van der Waals surface area (Å²) in [5, 5.41) is 7.78. The van der Waals surface area contributed by atoms with E-state index in [0.29, 0.717) is 24.3 Å². The third-order valence-electron chi connectivity index (χ3n) is 3.92. The molecule has 9 heteroatoms. The number of thioether (sulfide) groups is 1. The molecule has 1 aromatic carbocycles. The molecule has 2 aromatic rings. The van der Waals surface area contributed by atoms with Crippen molar-refractivity contribution in [3.63, 3.8) is 0 Å². The van der Waals surface area contributed by atoms with Crippen LogP contribution >= 0.6 is 11.8 Å². The Morgan fingerprint density at radius 2 is 2.17 bits per heavy atom. The van der Waals surface area contributed by atoms with Crippen LogP contribution < -0.4 is 0 Å². The highest BCUT2D eigenvalue weighted by Gasteiger charge is 2.29. The zero-order valence-corrected chi connectivity index (χ0v) is 14.5. The first kappa shape index (κ1) is 17.3. The fraction of sp³-hybridized carbons (Fsp3) is 0.467. The number of halogens is 2. The zero-order chi connectivity index (χ0) is 17.3. The lowest BCUT2D eigenvalue weighted by molar-refractivity contribution is 0.389. The summed E-state index contributed by atoms with van der Waals surface area (Å²) < 4.78 is 55.2. The van der Waals surface area contributed by atoms with Crippen molar-refractivity contribution in [1.29, 1.82) is 0 Å². The van der Waals surface area contributed by atoms with E-state index in [9.17, 15) is 17.2 Å². The average Bonchev–Trinajstić information content (AvgIpc) is 3.05. The first-order valence-electron chi connectivity index (χ1n) is 7.47. The fourth-order valence-electron chi connectivity index (χ4n) is 2.69. The molecule has 5 nitrogen and oxygen atoms in total. The summed E-state index contributed by atoms with van der Waals surface area (Å²) in [5.74, 6) is -0.513. The van der Waals surface area contributed by atoms with Crippen LogP contribution in [0, 0.1) is 17.6 Å². The summed E-state index contributed by atoms with van der Waals surface area (Å²) >= 11 is 1.17. The molecule has 0 spiro atoms. The fourth-order valence-corrected chi connectivity index (χ4v) is 5.41. The molecule has 1 aliphatic heterocycles.